The van der Waals surface area contributed by atoms with Gasteiger partial charge in [0.15, 0.2) is 5.58 Å². The number of non-ortho nitro benzene ring substituents is 1. The highest BCUT2D eigenvalue weighted by molar-refractivity contribution is 5.81. The molecule has 9 heteroatoms. The van der Waals surface area contributed by atoms with Gasteiger partial charge in [-0.2, -0.15) is 0 Å². The number of amides is 1. The van der Waals surface area contributed by atoms with Crippen molar-refractivity contribution in [3.05, 3.63) is 75.0 Å². The number of carbonyl (C=O) groups excluding carboxylic acids is 1. The average Bonchev–Trinajstić information content (AvgIpc) is 3.22. The van der Waals surface area contributed by atoms with Crippen LogP contribution in [0.1, 0.15) is 18.7 Å². The fourth-order valence-electron chi connectivity index (χ4n) is 3.04. The molecule has 1 atom stereocenters. The van der Waals surface area contributed by atoms with Gasteiger partial charge in [-0.1, -0.05) is 18.2 Å². The Kier molecular flexibility index (Phi) is 4.19. The minimum Gasteiger partial charge on any atom is -0.459 e. The molecule has 0 bridgehead atoms. The van der Waals surface area contributed by atoms with E-state index in [4.69, 9.17) is 8.83 Å². The highest BCUT2D eigenvalue weighted by atomic mass is 16.6. The van der Waals surface area contributed by atoms with Gasteiger partial charge in [0.1, 0.15) is 17.9 Å². The van der Waals surface area contributed by atoms with Crippen LogP contribution < -0.4 is 11.1 Å². The van der Waals surface area contributed by atoms with Gasteiger partial charge in [-0.25, -0.2) is 4.79 Å². The Bertz CT molecular complexity index is 1230. The number of nitrogens with one attached hydrogen (secondary N) is 1. The van der Waals surface area contributed by atoms with Crippen LogP contribution in [0, 0.1) is 10.1 Å². The summed E-state index contributed by atoms with van der Waals surface area (Å²) in [7, 11) is 0. The predicted octanol–water partition coefficient (Wildman–Crippen LogP) is 3.13. The van der Waals surface area contributed by atoms with Gasteiger partial charge in [0.25, 0.3) is 5.69 Å². The topological polar surface area (TPSA) is 121 Å². The molecule has 28 heavy (non-hydrogen) atoms. The maximum Gasteiger partial charge on any atom is 0.420 e. The third-order valence-electron chi connectivity index (χ3n) is 4.41. The molecule has 2 aromatic carbocycles. The minimum absolute atomic E-state index is 0.0531. The second kappa shape index (κ2) is 6.69. The van der Waals surface area contributed by atoms with Gasteiger partial charge in [-0.05, 0) is 25.1 Å². The van der Waals surface area contributed by atoms with E-state index in [0.717, 1.165) is 21.6 Å². The van der Waals surface area contributed by atoms with Gasteiger partial charge in [0, 0.05) is 11.5 Å². The van der Waals surface area contributed by atoms with Crippen molar-refractivity contribution in [1.29, 1.82) is 0 Å². The minimum atomic E-state index is -0.762. The first-order valence-electron chi connectivity index (χ1n) is 8.48. The van der Waals surface area contributed by atoms with Crippen LogP contribution >= 0.6 is 0 Å². The number of furan rings is 1. The van der Waals surface area contributed by atoms with Crippen LogP contribution in [-0.4, -0.2) is 15.4 Å². The van der Waals surface area contributed by atoms with Crippen molar-refractivity contribution >= 4 is 33.7 Å². The number of fused-ring (bicyclic) bond motifs is 2. The van der Waals surface area contributed by atoms with Crippen molar-refractivity contribution in [2.24, 2.45) is 0 Å². The Morgan fingerprint density at radius 1 is 1.18 bits per heavy atom. The molecule has 0 aliphatic rings. The first kappa shape index (κ1) is 17.5. The third kappa shape index (κ3) is 3.13. The maximum absolute atomic E-state index is 12.4. The number of para-hydroxylation sites is 1. The lowest BCUT2D eigenvalue weighted by molar-refractivity contribution is -0.384. The first-order valence-corrected chi connectivity index (χ1v) is 8.48. The van der Waals surface area contributed by atoms with Gasteiger partial charge in [0.2, 0.25) is 5.91 Å². The highest BCUT2D eigenvalue weighted by Gasteiger charge is 2.18. The molecule has 4 aromatic rings. The monoisotopic (exact) mass is 381 g/mol. The molecule has 4 rings (SSSR count). The molecule has 0 spiro atoms. The van der Waals surface area contributed by atoms with E-state index in [1.807, 2.05) is 30.3 Å². The smallest absolute Gasteiger partial charge is 0.420 e. The molecule has 0 saturated heterocycles. The fourth-order valence-corrected chi connectivity index (χ4v) is 3.04. The Morgan fingerprint density at radius 3 is 2.71 bits per heavy atom. The van der Waals surface area contributed by atoms with E-state index in [-0.39, 0.29) is 17.8 Å². The number of hydrogen-bond donors (Lipinski definition) is 1. The summed E-state index contributed by atoms with van der Waals surface area (Å²) in [4.78, 5) is 34.7. The molecule has 2 heterocycles. The number of rotatable bonds is 5. The summed E-state index contributed by atoms with van der Waals surface area (Å²) >= 11 is 0. The zero-order chi connectivity index (χ0) is 19.8. The second-order valence-corrected chi connectivity index (χ2v) is 6.34. The fraction of sp³-hybridized carbons (Fsp3) is 0.158. The van der Waals surface area contributed by atoms with Crippen LogP contribution in [0.4, 0.5) is 5.69 Å². The normalized spacial score (nSPS) is 12.3. The van der Waals surface area contributed by atoms with Crippen molar-refractivity contribution in [1.82, 2.24) is 9.88 Å². The van der Waals surface area contributed by atoms with Crippen LogP contribution in [0.5, 0.6) is 0 Å². The zero-order valence-corrected chi connectivity index (χ0v) is 14.7. The number of nitrogens with zero attached hydrogens (tertiary/aromatic N) is 2. The van der Waals surface area contributed by atoms with Crippen molar-refractivity contribution in [2.75, 3.05) is 0 Å². The molecule has 0 aliphatic carbocycles. The lowest BCUT2D eigenvalue weighted by Crippen LogP contribution is -2.32. The summed E-state index contributed by atoms with van der Waals surface area (Å²) in [6.45, 7) is 1.49. The Morgan fingerprint density at radius 2 is 1.96 bits per heavy atom. The van der Waals surface area contributed by atoms with Crippen LogP contribution in [0.25, 0.3) is 22.1 Å². The molecule has 0 fully saturated rings. The summed E-state index contributed by atoms with van der Waals surface area (Å²) < 4.78 is 11.9. The Labute approximate surface area is 157 Å². The molecule has 2 aromatic heterocycles. The number of nitro benzene ring substituents is 1. The van der Waals surface area contributed by atoms with E-state index in [2.05, 4.69) is 5.32 Å². The van der Waals surface area contributed by atoms with Crippen molar-refractivity contribution in [2.45, 2.75) is 19.5 Å². The number of oxazole rings is 1. The average molecular weight is 381 g/mol. The maximum atomic E-state index is 12.4. The number of nitro groups is 1. The van der Waals surface area contributed by atoms with Gasteiger partial charge in [-0.15, -0.1) is 0 Å². The Balaban J connectivity index is 1.54. The third-order valence-corrected chi connectivity index (χ3v) is 4.41. The zero-order valence-electron chi connectivity index (χ0n) is 14.7. The molecular formula is C19H15N3O6. The summed E-state index contributed by atoms with van der Waals surface area (Å²) in [5.41, 5.74) is 0.882. The number of benzene rings is 2. The lowest BCUT2D eigenvalue weighted by Gasteiger charge is -2.11. The van der Waals surface area contributed by atoms with Crippen molar-refractivity contribution in [3.63, 3.8) is 0 Å². The van der Waals surface area contributed by atoms with Crippen LogP contribution in [0.15, 0.2) is 62.2 Å². The largest absolute Gasteiger partial charge is 0.459 e. The number of hydrogen-bond acceptors (Lipinski definition) is 6. The van der Waals surface area contributed by atoms with E-state index in [1.54, 1.807) is 6.92 Å². The van der Waals surface area contributed by atoms with E-state index in [9.17, 15) is 19.7 Å². The SMILES string of the molecule is CC(NC(=O)Cn1c(=O)oc2cc([N+](=O)[O-])ccc21)c1cc2ccccc2o1. The van der Waals surface area contributed by atoms with Crippen LogP contribution in [0.2, 0.25) is 0 Å². The predicted molar refractivity (Wildman–Crippen MR) is 99.9 cm³/mol. The molecule has 0 radical (unpaired) electrons. The quantitative estimate of drug-likeness (QED) is 0.419. The molecule has 0 aliphatic heterocycles. The van der Waals surface area contributed by atoms with Crippen molar-refractivity contribution in [3.8, 4) is 0 Å². The number of aromatic nitrogens is 1. The van der Waals surface area contributed by atoms with E-state index < -0.39 is 22.6 Å². The summed E-state index contributed by atoms with van der Waals surface area (Å²) in [6, 6.07) is 12.7. The van der Waals surface area contributed by atoms with Gasteiger partial charge in [-0.3, -0.25) is 19.5 Å². The standard InChI is InChI=1S/C19H15N3O6/c1-11(16-8-12-4-2-3-5-15(12)27-16)20-18(23)10-21-14-7-6-13(22(25)26)9-17(14)28-19(21)24/h2-9,11H,10H2,1H3,(H,20,23). The molecular weight excluding hydrogens is 366 g/mol. The second-order valence-electron chi connectivity index (χ2n) is 6.34. The van der Waals surface area contributed by atoms with Gasteiger partial charge < -0.3 is 14.2 Å². The molecule has 1 N–H and O–H groups in total. The van der Waals surface area contributed by atoms with Gasteiger partial charge in [0.05, 0.1) is 22.5 Å². The molecule has 1 amide bonds. The number of carbonyl (C=O) groups is 1. The first-order chi connectivity index (χ1) is 13.4. The van der Waals surface area contributed by atoms with E-state index in [0.29, 0.717) is 11.3 Å². The Hall–Kier alpha value is -3.88. The molecule has 9 nitrogen and oxygen atoms in total. The highest BCUT2D eigenvalue weighted by Crippen LogP contribution is 2.24. The molecule has 1 unspecified atom stereocenters. The van der Waals surface area contributed by atoms with E-state index in [1.165, 1.54) is 12.1 Å². The van der Waals surface area contributed by atoms with Gasteiger partial charge >= 0.3 is 5.76 Å². The summed E-state index contributed by atoms with van der Waals surface area (Å²) in [5.74, 6) is -0.590. The summed E-state index contributed by atoms with van der Waals surface area (Å²) in [6.07, 6.45) is 0. The molecule has 0 saturated carbocycles. The summed E-state index contributed by atoms with van der Waals surface area (Å²) in [5, 5.41) is 14.5. The van der Waals surface area contributed by atoms with Crippen LogP contribution in [0.3, 0.4) is 0 Å². The van der Waals surface area contributed by atoms with E-state index >= 15 is 0 Å². The van der Waals surface area contributed by atoms with Crippen molar-refractivity contribution < 1.29 is 18.6 Å². The van der Waals surface area contributed by atoms with Crippen LogP contribution in [-0.2, 0) is 11.3 Å². The molecule has 142 valence electrons. The lowest BCUT2D eigenvalue weighted by atomic mass is 10.2.